The Labute approximate surface area is 143 Å². The molecule has 0 amide bonds. The summed E-state index contributed by atoms with van der Waals surface area (Å²) < 4.78 is 33.1. The number of carbonyl (C=O) groups excluding carboxylic acids is 1. The van der Waals surface area contributed by atoms with Crippen molar-refractivity contribution in [2.45, 2.75) is 50.6 Å². The van der Waals surface area contributed by atoms with Crippen LogP contribution in [-0.4, -0.2) is 34.4 Å². The molecule has 1 saturated carbocycles. The number of aromatic nitrogens is 1. The summed E-state index contributed by atoms with van der Waals surface area (Å²) in [5.74, 6) is -0.256. The molecular formula is C18H17F2N3O2. The lowest BCUT2D eigenvalue weighted by atomic mass is 9.61. The molecule has 0 radical (unpaired) electrons. The summed E-state index contributed by atoms with van der Waals surface area (Å²) in [4.78, 5) is 17.7. The summed E-state index contributed by atoms with van der Waals surface area (Å²) >= 11 is 0. The molecule has 3 aliphatic rings. The monoisotopic (exact) mass is 345 g/mol. The van der Waals surface area contributed by atoms with Crippen molar-refractivity contribution in [2.75, 3.05) is 6.61 Å². The number of fused-ring (bicyclic) bond motifs is 2. The quantitative estimate of drug-likeness (QED) is 0.677. The van der Waals surface area contributed by atoms with Crippen molar-refractivity contribution in [1.82, 2.24) is 9.88 Å². The van der Waals surface area contributed by atoms with E-state index in [0.29, 0.717) is 42.1 Å². The third kappa shape index (κ3) is 2.49. The zero-order chi connectivity index (χ0) is 17.7. The van der Waals surface area contributed by atoms with Crippen LogP contribution in [0.3, 0.4) is 0 Å². The molecule has 1 atom stereocenters. The van der Waals surface area contributed by atoms with Gasteiger partial charge in [0.15, 0.2) is 0 Å². The van der Waals surface area contributed by atoms with E-state index in [-0.39, 0.29) is 18.9 Å². The predicted octanol–water partition coefficient (Wildman–Crippen LogP) is 2.83. The minimum absolute atomic E-state index is 0.0935. The van der Waals surface area contributed by atoms with E-state index < -0.39 is 11.3 Å². The van der Waals surface area contributed by atoms with Gasteiger partial charge >= 0.3 is 0 Å². The Hall–Kier alpha value is -2.45. The second-order valence-electron chi connectivity index (χ2n) is 7.21. The molecule has 7 heteroatoms. The Kier molecular flexibility index (Phi) is 3.55. The fraction of sp³-hybridized carbons (Fsp3) is 0.556. The second-order valence-corrected chi connectivity index (χ2v) is 7.21. The van der Waals surface area contributed by atoms with Crippen LogP contribution in [0.25, 0.3) is 0 Å². The first kappa shape index (κ1) is 16.0. The average Bonchev–Trinajstić information content (AvgIpc) is 2.81. The lowest BCUT2D eigenvalue weighted by Crippen LogP contribution is -2.51. The van der Waals surface area contributed by atoms with Crippen molar-refractivity contribution in [1.29, 1.82) is 5.26 Å². The lowest BCUT2D eigenvalue weighted by molar-refractivity contribution is -0.154. The number of nitrogens with zero attached hydrogens (tertiary/aromatic N) is 3. The average molecular weight is 345 g/mol. The molecule has 0 aromatic carbocycles. The van der Waals surface area contributed by atoms with E-state index in [1.54, 1.807) is 6.20 Å². The molecule has 1 aromatic rings. The van der Waals surface area contributed by atoms with E-state index in [4.69, 9.17) is 4.74 Å². The topological polar surface area (TPSA) is 66.2 Å². The Morgan fingerprint density at radius 2 is 2.16 bits per heavy atom. The molecule has 0 bridgehead atoms. The van der Waals surface area contributed by atoms with E-state index in [9.17, 15) is 18.8 Å². The van der Waals surface area contributed by atoms with Crippen LogP contribution >= 0.6 is 0 Å². The maximum Gasteiger partial charge on any atom is 0.250 e. The fourth-order valence-electron chi connectivity index (χ4n) is 4.49. The van der Waals surface area contributed by atoms with Crippen LogP contribution in [0.2, 0.25) is 0 Å². The fourth-order valence-corrected chi connectivity index (χ4v) is 4.49. The SMILES string of the molecule is N#Cc1cncc2c1OC[C@H]1CCCC3(CC(F)(F)C3)C(=C=O)N1C2. The van der Waals surface area contributed by atoms with Crippen LogP contribution in [0.1, 0.15) is 43.2 Å². The number of hydrogen-bond donors (Lipinski definition) is 0. The Balaban J connectivity index is 1.74. The van der Waals surface area contributed by atoms with Gasteiger partial charge in [-0.05, 0) is 12.8 Å². The van der Waals surface area contributed by atoms with Crippen molar-refractivity contribution >= 4 is 5.94 Å². The van der Waals surface area contributed by atoms with Gasteiger partial charge in [-0.3, -0.25) is 4.98 Å². The van der Waals surface area contributed by atoms with Crippen molar-refractivity contribution in [3.05, 3.63) is 29.2 Å². The summed E-state index contributed by atoms with van der Waals surface area (Å²) in [6.07, 6.45) is 4.54. The van der Waals surface area contributed by atoms with Crippen molar-refractivity contribution in [3.8, 4) is 11.8 Å². The molecule has 1 saturated heterocycles. The van der Waals surface area contributed by atoms with E-state index >= 15 is 0 Å². The Morgan fingerprint density at radius 3 is 2.84 bits per heavy atom. The van der Waals surface area contributed by atoms with Gasteiger partial charge in [-0.2, -0.15) is 5.26 Å². The molecule has 1 spiro atoms. The van der Waals surface area contributed by atoms with Gasteiger partial charge in [0.05, 0.1) is 6.04 Å². The third-order valence-corrected chi connectivity index (χ3v) is 5.57. The van der Waals surface area contributed by atoms with Gasteiger partial charge in [-0.15, -0.1) is 0 Å². The van der Waals surface area contributed by atoms with Crippen LogP contribution in [0.5, 0.6) is 5.75 Å². The molecule has 4 rings (SSSR count). The van der Waals surface area contributed by atoms with E-state index in [0.717, 1.165) is 12.8 Å². The summed E-state index contributed by atoms with van der Waals surface area (Å²) in [6, 6.07) is 1.97. The number of ether oxygens (including phenoxy) is 1. The zero-order valence-electron chi connectivity index (χ0n) is 13.6. The van der Waals surface area contributed by atoms with Crippen LogP contribution < -0.4 is 4.74 Å². The molecule has 2 aliphatic heterocycles. The van der Waals surface area contributed by atoms with Gasteiger partial charge in [0.2, 0.25) is 5.92 Å². The highest BCUT2D eigenvalue weighted by Gasteiger charge is 2.60. The summed E-state index contributed by atoms with van der Waals surface area (Å²) in [5.41, 5.74) is 0.582. The van der Waals surface area contributed by atoms with E-state index in [1.807, 2.05) is 10.8 Å². The van der Waals surface area contributed by atoms with Gasteiger partial charge in [0.25, 0.3) is 0 Å². The molecule has 1 aliphatic carbocycles. The minimum atomic E-state index is -2.71. The molecule has 1 aromatic heterocycles. The third-order valence-electron chi connectivity index (χ3n) is 5.57. The molecule has 3 heterocycles. The number of rotatable bonds is 0. The van der Waals surface area contributed by atoms with Crippen LogP contribution in [0.4, 0.5) is 8.78 Å². The molecule has 5 nitrogen and oxygen atoms in total. The number of alkyl halides is 2. The molecule has 2 fully saturated rings. The molecular weight excluding hydrogens is 328 g/mol. The Bertz CT molecular complexity index is 803. The van der Waals surface area contributed by atoms with Crippen molar-refractivity contribution in [3.63, 3.8) is 0 Å². The predicted molar refractivity (Wildman–Crippen MR) is 83.4 cm³/mol. The van der Waals surface area contributed by atoms with Gasteiger partial charge in [-0.1, -0.05) is 6.42 Å². The van der Waals surface area contributed by atoms with Gasteiger partial charge in [0.1, 0.15) is 35.6 Å². The molecule has 25 heavy (non-hydrogen) atoms. The van der Waals surface area contributed by atoms with E-state index in [2.05, 4.69) is 11.1 Å². The van der Waals surface area contributed by atoms with E-state index in [1.165, 1.54) is 6.20 Å². The Morgan fingerprint density at radius 1 is 1.36 bits per heavy atom. The first-order valence-corrected chi connectivity index (χ1v) is 8.38. The number of halogens is 2. The molecule has 130 valence electrons. The van der Waals surface area contributed by atoms with Gasteiger partial charge < -0.3 is 9.64 Å². The van der Waals surface area contributed by atoms with Crippen LogP contribution in [-0.2, 0) is 11.3 Å². The van der Waals surface area contributed by atoms with Crippen LogP contribution in [0.15, 0.2) is 18.1 Å². The number of nitriles is 1. The molecule has 0 N–H and O–H groups in total. The molecule has 0 unspecified atom stereocenters. The van der Waals surface area contributed by atoms with Crippen molar-refractivity contribution < 1.29 is 18.3 Å². The maximum absolute atomic E-state index is 13.6. The van der Waals surface area contributed by atoms with Crippen LogP contribution in [0, 0.1) is 16.7 Å². The summed E-state index contributed by atoms with van der Waals surface area (Å²) in [6.45, 7) is 0.629. The zero-order valence-corrected chi connectivity index (χ0v) is 13.6. The lowest BCUT2D eigenvalue weighted by Gasteiger charge is -2.49. The summed E-state index contributed by atoms with van der Waals surface area (Å²) in [5, 5.41) is 9.24. The number of hydrogen-bond acceptors (Lipinski definition) is 5. The maximum atomic E-state index is 13.6. The number of allylic oxidation sites excluding steroid dienone is 1. The first-order valence-electron chi connectivity index (χ1n) is 8.38. The normalized spacial score (nSPS) is 26.0. The summed E-state index contributed by atoms with van der Waals surface area (Å²) in [7, 11) is 0. The smallest absolute Gasteiger partial charge is 0.250 e. The standard InChI is InChI=1S/C18H17F2N3O2/c19-18(20)10-17(11-18)3-1-2-14-9-25-16-12(4-21)5-22-6-13(16)7-23(14)15(17)8-24/h5-6,14H,1-3,7,9-11H2/t14-/m1/s1. The highest BCUT2D eigenvalue weighted by atomic mass is 19.3. The van der Waals surface area contributed by atoms with Gasteiger partial charge in [0, 0.05) is 42.8 Å². The second kappa shape index (κ2) is 5.53. The largest absolute Gasteiger partial charge is 0.490 e. The highest BCUT2D eigenvalue weighted by Crippen LogP contribution is 2.60. The number of pyridine rings is 1. The first-order chi connectivity index (χ1) is 12.0. The minimum Gasteiger partial charge on any atom is -0.490 e. The van der Waals surface area contributed by atoms with Crippen molar-refractivity contribution in [2.24, 2.45) is 5.41 Å². The van der Waals surface area contributed by atoms with Gasteiger partial charge in [-0.25, -0.2) is 13.6 Å². The highest BCUT2D eigenvalue weighted by molar-refractivity contribution is 5.57.